The molecule has 1 saturated heterocycles. The molecule has 3 aromatic rings. The molecular weight excluding hydrogens is 306 g/mol. The predicted octanol–water partition coefficient (Wildman–Crippen LogP) is 2.97. The second-order valence-electron chi connectivity index (χ2n) is 5.61. The van der Waals surface area contributed by atoms with E-state index in [4.69, 9.17) is 8.94 Å². The van der Waals surface area contributed by atoms with E-state index in [1.807, 2.05) is 30.3 Å². The summed E-state index contributed by atoms with van der Waals surface area (Å²) in [7, 11) is 0. The van der Waals surface area contributed by atoms with E-state index in [0.29, 0.717) is 30.6 Å². The van der Waals surface area contributed by atoms with Gasteiger partial charge in [-0.05, 0) is 18.2 Å². The summed E-state index contributed by atoms with van der Waals surface area (Å²) in [5.74, 6) is 1.85. The molecule has 1 aliphatic rings. The Hall–Kier alpha value is -3.15. The van der Waals surface area contributed by atoms with E-state index in [2.05, 4.69) is 10.1 Å². The van der Waals surface area contributed by atoms with Crippen LogP contribution in [-0.4, -0.2) is 34.0 Å². The molecule has 0 saturated carbocycles. The molecule has 2 aromatic heterocycles. The van der Waals surface area contributed by atoms with E-state index in [1.54, 1.807) is 29.4 Å². The van der Waals surface area contributed by atoms with Crippen LogP contribution in [-0.2, 0) is 4.79 Å². The van der Waals surface area contributed by atoms with E-state index in [9.17, 15) is 4.79 Å². The number of carbonyl (C=O) groups is 1. The fourth-order valence-corrected chi connectivity index (χ4v) is 2.57. The zero-order chi connectivity index (χ0) is 16.4. The van der Waals surface area contributed by atoms with Crippen LogP contribution in [0.2, 0.25) is 0 Å². The predicted molar refractivity (Wildman–Crippen MR) is 86.8 cm³/mol. The molecule has 1 fully saturated rings. The van der Waals surface area contributed by atoms with Gasteiger partial charge < -0.3 is 13.8 Å². The summed E-state index contributed by atoms with van der Waals surface area (Å²) in [6.45, 7) is 1.16. The van der Waals surface area contributed by atoms with Crippen LogP contribution in [0.1, 0.15) is 17.6 Å². The number of amides is 1. The van der Waals surface area contributed by atoms with Gasteiger partial charge in [-0.3, -0.25) is 4.79 Å². The first-order chi connectivity index (χ1) is 11.8. The number of carbonyl (C=O) groups excluding carboxylic acids is 1. The molecule has 0 spiro atoms. The Kier molecular flexibility index (Phi) is 3.70. The highest BCUT2D eigenvalue weighted by atomic mass is 16.5. The number of hydrogen-bond donors (Lipinski definition) is 0. The molecule has 0 radical (unpaired) electrons. The second-order valence-corrected chi connectivity index (χ2v) is 5.61. The minimum atomic E-state index is -0.0505. The van der Waals surface area contributed by atoms with Crippen molar-refractivity contribution < 1.29 is 13.7 Å². The number of furan rings is 1. The Balaban J connectivity index is 1.36. The molecule has 0 aliphatic carbocycles. The van der Waals surface area contributed by atoms with E-state index in [-0.39, 0.29) is 11.8 Å². The van der Waals surface area contributed by atoms with Gasteiger partial charge in [-0.2, -0.15) is 4.98 Å². The van der Waals surface area contributed by atoms with Crippen molar-refractivity contribution in [2.45, 2.75) is 5.92 Å². The highest BCUT2D eigenvalue weighted by molar-refractivity contribution is 5.92. The van der Waals surface area contributed by atoms with E-state index in [1.165, 1.54) is 6.08 Å². The Morgan fingerprint density at radius 3 is 2.75 bits per heavy atom. The minimum absolute atomic E-state index is 0.0505. The quantitative estimate of drug-likeness (QED) is 0.691. The van der Waals surface area contributed by atoms with Gasteiger partial charge in [-0.15, -0.1) is 0 Å². The van der Waals surface area contributed by atoms with E-state index >= 15 is 0 Å². The molecule has 0 unspecified atom stereocenters. The Morgan fingerprint density at radius 1 is 1.17 bits per heavy atom. The monoisotopic (exact) mass is 321 g/mol. The van der Waals surface area contributed by atoms with Crippen molar-refractivity contribution in [3.63, 3.8) is 0 Å². The first-order valence-corrected chi connectivity index (χ1v) is 7.69. The maximum absolute atomic E-state index is 12.1. The highest BCUT2D eigenvalue weighted by Gasteiger charge is 2.34. The maximum Gasteiger partial charge on any atom is 0.246 e. The summed E-state index contributed by atoms with van der Waals surface area (Å²) < 4.78 is 10.5. The molecule has 120 valence electrons. The van der Waals surface area contributed by atoms with Crippen molar-refractivity contribution in [1.82, 2.24) is 15.0 Å². The SMILES string of the molecule is O=C(/C=C/c1ccco1)N1CC(c2nc(-c3ccccc3)no2)C1. The lowest BCUT2D eigenvalue weighted by Crippen LogP contribution is -2.47. The van der Waals surface area contributed by atoms with Crippen molar-refractivity contribution in [1.29, 1.82) is 0 Å². The normalized spacial score (nSPS) is 14.9. The van der Waals surface area contributed by atoms with Crippen molar-refractivity contribution in [2.24, 2.45) is 0 Å². The number of likely N-dealkylation sites (tertiary alicyclic amines) is 1. The third-order valence-corrected chi connectivity index (χ3v) is 3.95. The minimum Gasteiger partial charge on any atom is -0.465 e. The molecule has 24 heavy (non-hydrogen) atoms. The van der Waals surface area contributed by atoms with Gasteiger partial charge in [0.2, 0.25) is 17.6 Å². The number of nitrogens with zero attached hydrogens (tertiary/aromatic N) is 3. The van der Waals surface area contributed by atoms with Crippen LogP contribution in [0.3, 0.4) is 0 Å². The average Bonchev–Trinajstić information content (AvgIpc) is 3.24. The third kappa shape index (κ3) is 2.86. The molecule has 0 atom stereocenters. The fourth-order valence-electron chi connectivity index (χ4n) is 2.57. The van der Waals surface area contributed by atoms with Gasteiger partial charge in [0.05, 0.1) is 12.2 Å². The highest BCUT2D eigenvalue weighted by Crippen LogP contribution is 2.27. The number of hydrogen-bond acceptors (Lipinski definition) is 5. The van der Waals surface area contributed by atoms with Gasteiger partial charge in [-0.1, -0.05) is 35.5 Å². The largest absolute Gasteiger partial charge is 0.465 e. The molecule has 6 nitrogen and oxygen atoms in total. The summed E-state index contributed by atoms with van der Waals surface area (Å²) in [6.07, 6.45) is 4.75. The Bertz CT molecular complexity index is 847. The lowest BCUT2D eigenvalue weighted by atomic mass is 10.00. The topological polar surface area (TPSA) is 72.4 Å². The second kappa shape index (κ2) is 6.16. The summed E-state index contributed by atoms with van der Waals surface area (Å²) in [6, 6.07) is 13.3. The number of aromatic nitrogens is 2. The molecule has 1 amide bonds. The van der Waals surface area contributed by atoms with E-state index < -0.39 is 0 Å². The lowest BCUT2D eigenvalue weighted by Gasteiger charge is -2.36. The summed E-state index contributed by atoms with van der Waals surface area (Å²) in [4.78, 5) is 18.2. The average molecular weight is 321 g/mol. The molecule has 1 aromatic carbocycles. The summed E-state index contributed by atoms with van der Waals surface area (Å²) >= 11 is 0. The fraction of sp³-hybridized carbons (Fsp3) is 0.167. The van der Waals surface area contributed by atoms with Crippen LogP contribution in [0.25, 0.3) is 17.5 Å². The van der Waals surface area contributed by atoms with Crippen LogP contribution < -0.4 is 0 Å². The van der Waals surface area contributed by atoms with Crippen LogP contribution >= 0.6 is 0 Å². The molecule has 0 N–H and O–H groups in total. The standard InChI is InChI=1S/C18H15N3O3/c22-16(9-8-15-7-4-10-23-15)21-11-14(12-21)18-19-17(20-24-18)13-5-2-1-3-6-13/h1-10,14H,11-12H2/b9-8+. The molecule has 3 heterocycles. The van der Waals surface area contributed by atoms with Gasteiger partial charge in [0.25, 0.3) is 0 Å². The third-order valence-electron chi connectivity index (χ3n) is 3.95. The maximum atomic E-state index is 12.1. The van der Waals surface area contributed by atoms with Gasteiger partial charge >= 0.3 is 0 Å². The first kappa shape index (κ1) is 14.4. The Morgan fingerprint density at radius 2 is 2.00 bits per heavy atom. The smallest absolute Gasteiger partial charge is 0.246 e. The van der Waals surface area contributed by atoms with Gasteiger partial charge in [0.1, 0.15) is 5.76 Å². The molecule has 4 rings (SSSR count). The van der Waals surface area contributed by atoms with Crippen LogP contribution in [0.4, 0.5) is 0 Å². The Labute approximate surface area is 138 Å². The van der Waals surface area contributed by atoms with Gasteiger partial charge in [-0.25, -0.2) is 0 Å². The van der Waals surface area contributed by atoms with E-state index in [0.717, 1.165) is 5.56 Å². The van der Waals surface area contributed by atoms with Gasteiger partial charge in [0, 0.05) is 24.7 Å². The number of benzene rings is 1. The molecule has 6 heteroatoms. The van der Waals surface area contributed by atoms with Crippen molar-refractivity contribution in [2.75, 3.05) is 13.1 Å². The zero-order valence-corrected chi connectivity index (χ0v) is 12.8. The van der Waals surface area contributed by atoms with Gasteiger partial charge in [0.15, 0.2) is 0 Å². The van der Waals surface area contributed by atoms with Crippen LogP contribution in [0, 0.1) is 0 Å². The zero-order valence-electron chi connectivity index (χ0n) is 12.8. The first-order valence-electron chi connectivity index (χ1n) is 7.69. The van der Waals surface area contributed by atoms with Crippen molar-refractivity contribution in [3.05, 3.63) is 66.5 Å². The summed E-state index contributed by atoms with van der Waals surface area (Å²) in [5, 5.41) is 4.01. The molecule has 0 bridgehead atoms. The van der Waals surface area contributed by atoms with Crippen molar-refractivity contribution >= 4 is 12.0 Å². The molecule has 1 aliphatic heterocycles. The number of rotatable bonds is 4. The van der Waals surface area contributed by atoms with Crippen LogP contribution in [0.15, 0.2) is 63.7 Å². The van der Waals surface area contributed by atoms with Crippen molar-refractivity contribution in [3.8, 4) is 11.4 Å². The lowest BCUT2D eigenvalue weighted by molar-refractivity contribution is -0.130. The van der Waals surface area contributed by atoms with Crippen LogP contribution in [0.5, 0.6) is 0 Å². The molecular formula is C18H15N3O3. The summed E-state index contributed by atoms with van der Waals surface area (Å²) in [5.41, 5.74) is 0.918.